The van der Waals surface area contributed by atoms with E-state index in [-0.39, 0.29) is 36.2 Å². The molecule has 0 aliphatic carbocycles. The summed E-state index contributed by atoms with van der Waals surface area (Å²) in [5.74, 6) is -1.49. The zero-order chi connectivity index (χ0) is 45.6. The number of nitrogens with zero attached hydrogens (tertiary/aromatic N) is 1. The van der Waals surface area contributed by atoms with Crippen molar-refractivity contribution in [3.63, 3.8) is 0 Å². The fourth-order valence-electron chi connectivity index (χ4n) is 7.01. The summed E-state index contributed by atoms with van der Waals surface area (Å²) < 4.78 is 17.3. The Labute approximate surface area is 381 Å². The predicted molar refractivity (Wildman–Crippen MR) is 261 cm³/mol. The number of esters is 2. The van der Waals surface area contributed by atoms with Gasteiger partial charge in [-0.25, -0.2) is 4.79 Å². The molecule has 0 heterocycles. The highest BCUT2D eigenvalue weighted by molar-refractivity contribution is 5.72. The molecule has 0 saturated heterocycles. The summed E-state index contributed by atoms with van der Waals surface area (Å²) in [5.41, 5.74) is 0. The summed E-state index contributed by atoms with van der Waals surface area (Å²) in [7, 11) is 5.52. The number of unbranched alkanes of at least 4 members (excludes halogenated alkanes) is 19. The summed E-state index contributed by atoms with van der Waals surface area (Å²) in [6, 6.07) is -0.620. The van der Waals surface area contributed by atoms with Crippen LogP contribution >= 0.6 is 0 Å². The van der Waals surface area contributed by atoms with E-state index in [1.807, 2.05) is 21.1 Å². The Morgan fingerprint density at radius 1 is 0.516 bits per heavy atom. The lowest BCUT2D eigenvalue weighted by molar-refractivity contribution is -0.887. The highest BCUT2D eigenvalue weighted by Crippen LogP contribution is 2.15. The Bertz CT molecular complexity index is 1240. The zero-order valence-corrected chi connectivity index (χ0v) is 40.6. The van der Waals surface area contributed by atoms with E-state index in [2.05, 4.69) is 86.8 Å². The van der Waals surface area contributed by atoms with Crippen LogP contribution in [0, 0.1) is 0 Å². The minimum absolute atomic E-state index is 0.0525. The molecule has 8 nitrogen and oxygen atoms in total. The number of carbonyl (C=O) groups excluding carboxylic acids is 2. The van der Waals surface area contributed by atoms with Gasteiger partial charge >= 0.3 is 17.9 Å². The van der Waals surface area contributed by atoms with E-state index < -0.39 is 18.1 Å². The van der Waals surface area contributed by atoms with Crippen LogP contribution in [0.15, 0.2) is 72.9 Å². The van der Waals surface area contributed by atoms with Crippen LogP contribution in [-0.2, 0) is 28.6 Å². The molecule has 0 aromatic rings. The van der Waals surface area contributed by atoms with Crippen molar-refractivity contribution >= 4 is 17.9 Å². The van der Waals surface area contributed by atoms with E-state index in [9.17, 15) is 19.5 Å². The minimum Gasteiger partial charge on any atom is -0.477 e. The number of hydrogen-bond acceptors (Lipinski definition) is 6. The van der Waals surface area contributed by atoms with Crippen molar-refractivity contribution in [2.75, 3.05) is 41.0 Å². The molecule has 0 aromatic carbocycles. The van der Waals surface area contributed by atoms with E-state index in [1.54, 1.807) is 0 Å². The summed E-state index contributed by atoms with van der Waals surface area (Å²) in [4.78, 5) is 37.1. The van der Waals surface area contributed by atoms with Crippen LogP contribution in [0.4, 0.5) is 0 Å². The molecular formula is C54H94NO7+. The molecule has 356 valence electrons. The standard InChI is InChI=1S/C54H93NO7/c1-6-8-10-12-14-16-18-20-22-23-24-25-26-27-28-29-31-32-34-36-38-40-42-44-52(56)61-49-50(48-60-47-46-51(54(58)59)55(3,4)5)62-53(57)45-43-41-39-37-35-33-30-21-19-17-15-13-11-9-7-2/h8,10,14-17,19-22,24-25,50-51H,6-7,9,11-13,18,23,26-49H2,1-5H3/p+1/b10-8+,16-14+,17-15+,21-19+,22-20+,25-24+. The molecule has 0 saturated carbocycles. The normalized spacial score (nSPS) is 13.5. The molecule has 0 fully saturated rings. The van der Waals surface area contributed by atoms with Crippen molar-refractivity contribution < 1.29 is 38.2 Å². The first-order valence-electron chi connectivity index (χ1n) is 25.0. The highest BCUT2D eigenvalue weighted by Gasteiger charge is 2.31. The van der Waals surface area contributed by atoms with E-state index in [0.29, 0.717) is 19.3 Å². The second kappa shape index (κ2) is 44.4. The monoisotopic (exact) mass is 869 g/mol. The number of allylic oxidation sites excluding steroid dienone is 12. The van der Waals surface area contributed by atoms with Crippen molar-refractivity contribution in [2.45, 2.75) is 212 Å². The van der Waals surface area contributed by atoms with Gasteiger partial charge in [-0.05, 0) is 77.0 Å². The molecule has 0 aliphatic rings. The quantitative estimate of drug-likeness (QED) is 0.0214. The van der Waals surface area contributed by atoms with Gasteiger partial charge in [-0.15, -0.1) is 0 Å². The van der Waals surface area contributed by atoms with Crippen molar-refractivity contribution in [3.8, 4) is 0 Å². The average Bonchev–Trinajstić information content (AvgIpc) is 3.23. The number of rotatable bonds is 44. The van der Waals surface area contributed by atoms with Crippen molar-refractivity contribution in [1.29, 1.82) is 0 Å². The molecule has 0 spiro atoms. The number of hydrogen-bond donors (Lipinski definition) is 1. The van der Waals surface area contributed by atoms with E-state index in [0.717, 1.165) is 83.5 Å². The Kier molecular flexibility index (Phi) is 42.1. The van der Waals surface area contributed by atoms with Crippen molar-refractivity contribution in [1.82, 2.24) is 0 Å². The third kappa shape index (κ3) is 42.1. The van der Waals surface area contributed by atoms with Gasteiger partial charge in [0, 0.05) is 19.3 Å². The molecule has 0 amide bonds. The van der Waals surface area contributed by atoms with Gasteiger partial charge in [0.05, 0.1) is 34.4 Å². The molecule has 0 aliphatic heterocycles. The van der Waals surface area contributed by atoms with Crippen LogP contribution in [0.1, 0.15) is 200 Å². The Morgan fingerprint density at radius 3 is 1.44 bits per heavy atom. The first kappa shape index (κ1) is 58.8. The Balaban J connectivity index is 4.25. The fourth-order valence-corrected chi connectivity index (χ4v) is 7.01. The van der Waals surface area contributed by atoms with Gasteiger partial charge < -0.3 is 23.8 Å². The average molecular weight is 869 g/mol. The van der Waals surface area contributed by atoms with E-state index in [1.165, 1.54) is 83.5 Å². The van der Waals surface area contributed by atoms with Gasteiger partial charge in [-0.3, -0.25) is 9.59 Å². The number of carboxylic acids is 1. The Hall–Kier alpha value is -3.23. The SMILES string of the molecule is CC/C=C/C/C=C/C/C=C/C/C=C/CCCCCCCCCCCCC(=O)OCC(COCCC(C(=O)O)[N+](C)(C)C)OC(=O)CCCCCCCC/C=C/C=C/CCCCC. The van der Waals surface area contributed by atoms with Crippen LogP contribution in [0.25, 0.3) is 0 Å². The molecular weight excluding hydrogens is 775 g/mol. The van der Waals surface area contributed by atoms with Crippen LogP contribution in [0.3, 0.4) is 0 Å². The summed E-state index contributed by atoms with van der Waals surface area (Å²) >= 11 is 0. The van der Waals surface area contributed by atoms with Gasteiger partial charge in [0.15, 0.2) is 12.1 Å². The topological polar surface area (TPSA) is 99.1 Å². The second-order valence-corrected chi connectivity index (χ2v) is 17.7. The maximum absolute atomic E-state index is 12.8. The van der Waals surface area contributed by atoms with Gasteiger partial charge in [-0.2, -0.15) is 0 Å². The van der Waals surface area contributed by atoms with E-state index in [4.69, 9.17) is 14.2 Å². The van der Waals surface area contributed by atoms with Crippen LogP contribution < -0.4 is 0 Å². The fraction of sp³-hybridized carbons (Fsp3) is 0.722. The smallest absolute Gasteiger partial charge is 0.362 e. The van der Waals surface area contributed by atoms with Gasteiger partial charge in [0.1, 0.15) is 6.61 Å². The second-order valence-electron chi connectivity index (χ2n) is 17.7. The van der Waals surface area contributed by atoms with Crippen molar-refractivity contribution in [3.05, 3.63) is 72.9 Å². The number of aliphatic carboxylic acids is 1. The first-order valence-corrected chi connectivity index (χ1v) is 25.0. The van der Waals surface area contributed by atoms with Crippen LogP contribution in [0.2, 0.25) is 0 Å². The van der Waals surface area contributed by atoms with Crippen molar-refractivity contribution in [2.24, 2.45) is 0 Å². The maximum Gasteiger partial charge on any atom is 0.362 e. The predicted octanol–water partition coefficient (Wildman–Crippen LogP) is 14.3. The largest absolute Gasteiger partial charge is 0.477 e. The van der Waals surface area contributed by atoms with Crippen LogP contribution in [-0.4, -0.2) is 80.6 Å². The number of carboxylic acid groups (broad SMARTS) is 1. The lowest BCUT2D eigenvalue weighted by atomic mass is 10.1. The zero-order valence-electron chi connectivity index (χ0n) is 40.6. The minimum atomic E-state index is -0.879. The number of ether oxygens (including phenoxy) is 3. The van der Waals surface area contributed by atoms with Crippen LogP contribution in [0.5, 0.6) is 0 Å². The summed E-state index contributed by atoms with van der Waals surface area (Å²) in [5, 5.41) is 9.64. The first-order chi connectivity index (χ1) is 30.1. The third-order valence-electron chi connectivity index (χ3n) is 10.9. The molecule has 0 bridgehead atoms. The highest BCUT2D eigenvalue weighted by atomic mass is 16.6. The maximum atomic E-state index is 12.8. The molecule has 2 unspecified atom stereocenters. The molecule has 8 heteroatoms. The lowest BCUT2D eigenvalue weighted by Crippen LogP contribution is -2.50. The molecule has 62 heavy (non-hydrogen) atoms. The summed E-state index contributed by atoms with van der Waals surface area (Å²) in [6.07, 6.45) is 56.6. The lowest BCUT2D eigenvalue weighted by Gasteiger charge is -2.31. The molecule has 2 atom stereocenters. The third-order valence-corrected chi connectivity index (χ3v) is 10.9. The molecule has 0 aromatic heterocycles. The number of carbonyl (C=O) groups is 3. The number of likely N-dealkylation sites (N-methyl/N-ethyl adjacent to an activating group) is 1. The van der Waals surface area contributed by atoms with Gasteiger partial charge in [-0.1, -0.05) is 177 Å². The molecule has 0 radical (unpaired) electrons. The number of quaternary nitrogens is 1. The Morgan fingerprint density at radius 2 is 0.952 bits per heavy atom. The molecule has 0 rings (SSSR count). The van der Waals surface area contributed by atoms with Gasteiger partial charge in [0.25, 0.3) is 0 Å². The van der Waals surface area contributed by atoms with Gasteiger partial charge in [0.2, 0.25) is 0 Å². The summed E-state index contributed by atoms with van der Waals surface area (Å²) in [6.45, 7) is 4.58. The van der Waals surface area contributed by atoms with E-state index >= 15 is 0 Å². The molecule has 1 N–H and O–H groups in total.